The van der Waals surface area contributed by atoms with E-state index in [-0.39, 0.29) is 10.9 Å². The van der Waals surface area contributed by atoms with Gasteiger partial charge in [0.05, 0.1) is 0 Å². The first-order valence-corrected chi connectivity index (χ1v) is 7.84. The fourth-order valence-corrected chi connectivity index (χ4v) is 3.29. The lowest BCUT2D eigenvalue weighted by atomic mass is 10.2. The smallest absolute Gasteiger partial charge is 0.243 e. The maximum absolute atomic E-state index is 13.7. The van der Waals surface area contributed by atoms with Crippen molar-refractivity contribution in [3.63, 3.8) is 0 Å². The standard InChI is InChI=1S/C13H21FN2O2S/c1-4-5-10(2)16-19(17,18)13-8-11(9-15-3)6-7-12(13)14/h6-8,10,15-16H,4-5,9H2,1-3H3. The molecule has 0 saturated heterocycles. The Labute approximate surface area is 114 Å². The van der Waals surface area contributed by atoms with Gasteiger partial charge in [-0.2, -0.15) is 0 Å². The van der Waals surface area contributed by atoms with E-state index >= 15 is 0 Å². The minimum Gasteiger partial charge on any atom is -0.316 e. The van der Waals surface area contributed by atoms with E-state index in [9.17, 15) is 12.8 Å². The molecule has 2 N–H and O–H groups in total. The normalized spacial score (nSPS) is 13.5. The number of hydrogen-bond donors (Lipinski definition) is 2. The Morgan fingerprint density at radius 3 is 2.63 bits per heavy atom. The molecule has 0 aliphatic carbocycles. The van der Waals surface area contributed by atoms with Gasteiger partial charge in [-0.1, -0.05) is 19.4 Å². The van der Waals surface area contributed by atoms with E-state index in [0.717, 1.165) is 18.4 Å². The van der Waals surface area contributed by atoms with Crippen LogP contribution >= 0.6 is 0 Å². The van der Waals surface area contributed by atoms with Crippen LogP contribution in [0.1, 0.15) is 32.3 Å². The third-order valence-electron chi connectivity index (χ3n) is 2.74. The zero-order valence-electron chi connectivity index (χ0n) is 11.5. The number of nitrogens with one attached hydrogen (secondary N) is 2. The fraction of sp³-hybridized carbons (Fsp3) is 0.538. The summed E-state index contributed by atoms with van der Waals surface area (Å²) in [6.45, 7) is 4.24. The molecular formula is C13H21FN2O2S. The molecule has 0 aromatic heterocycles. The molecular weight excluding hydrogens is 267 g/mol. The number of rotatable bonds is 7. The molecule has 1 aromatic carbocycles. The Hall–Kier alpha value is -0.980. The van der Waals surface area contributed by atoms with Crippen molar-refractivity contribution in [3.05, 3.63) is 29.6 Å². The first-order chi connectivity index (χ1) is 8.90. The maximum Gasteiger partial charge on any atom is 0.243 e. The van der Waals surface area contributed by atoms with Crippen LogP contribution in [0.3, 0.4) is 0 Å². The summed E-state index contributed by atoms with van der Waals surface area (Å²) >= 11 is 0. The predicted molar refractivity (Wildman–Crippen MR) is 73.9 cm³/mol. The summed E-state index contributed by atoms with van der Waals surface area (Å²) in [6.07, 6.45) is 1.59. The molecule has 1 atom stereocenters. The van der Waals surface area contributed by atoms with E-state index in [1.54, 1.807) is 20.0 Å². The van der Waals surface area contributed by atoms with Crippen LogP contribution in [0.15, 0.2) is 23.1 Å². The van der Waals surface area contributed by atoms with Gasteiger partial charge in [0, 0.05) is 12.6 Å². The molecule has 0 bridgehead atoms. The largest absolute Gasteiger partial charge is 0.316 e. The van der Waals surface area contributed by atoms with Crippen molar-refractivity contribution in [1.29, 1.82) is 0 Å². The zero-order chi connectivity index (χ0) is 14.5. The van der Waals surface area contributed by atoms with Crippen LogP contribution in [0.5, 0.6) is 0 Å². The van der Waals surface area contributed by atoms with Gasteiger partial charge in [0.1, 0.15) is 10.7 Å². The van der Waals surface area contributed by atoms with E-state index < -0.39 is 15.8 Å². The summed E-state index contributed by atoms with van der Waals surface area (Å²) in [6, 6.07) is 3.92. The molecule has 0 saturated carbocycles. The molecule has 19 heavy (non-hydrogen) atoms. The molecule has 0 aliphatic rings. The van der Waals surface area contributed by atoms with Gasteiger partial charge >= 0.3 is 0 Å². The van der Waals surface area contributed by atoms with Crippen LogP contribution in [0, 0.1) is 5.82 Å². The molecule has 4 nitrogen and oxygen atoms in total. The second-order valence-corrected chi connectivity index (χ2v) is 6.29. The van der Waals surface area contributed by atoms with E-state index in [0.29, 0.717) is 6.54 Å². The number of halogens is 1. The summed E-state index contributed by atoms with van der Waals surface area (Å²) < 4.78 is 40.4. The van der Waals surface area contributed by atoms with E-state index in [1.165, 1.54) is 12.1 Å². The minimum absolute atomic E-state index is 0.206. The van der Waals surface area contributed by atoms with Crippen LogP contribution in [0.25, 0.3) is 0 Å². The highest BCUT2D eigenvalue weighted by Crippen LogP contribution is 2.17. The van der Waals surface area contributed by atoms with Crippen LogP contribution in [0.4, 0.5) is 4.39 Å². The molecule has 6 heteroatoms. The Morgan fingerprint density at radius 2 is 2.05 bits per heavy atom. The van der Waals surface area contributed by atoms with Gasteiger partial charge < -0.3 is 5.32 Å². The van der Waals surface area contributed by atoms with E-state index in [1.807, 2.05) is 6.92 Å². The molecule has 1 unspecified atom stereocenters. The summed E-state index contributed by atoms with van der Waals surface area (Å²) in [4.78, 5) is -0.289. The van der Waals surface area contributed by atoms with E-state index in [4.69, 9.17) is 0 Å². The molecule has 1 aromatic rings. The third kappa shape index (κ3) is 4.56. The third-order valence-corrected chi connectivity index (χ3v) is 4.35. The molecule has 0 heterocycles. The van der Waals surface area contributed by atoms with Crippen LogP contribution in [-0.2, 0) is 16.6 Å². The first kappa shape index (κ1) is 16.1. The zero-order valence-corrected chi connectivity index (χ0v) is 12.3. The monoisotopic (exact) mass is 288 g/mol. The second-order valence-electron chi connectivity index (χ2n) is 4.61. The Morgan fingerprint density at radius 1 is 1.37 bits per heavy atom. The Bertz CT molecular complexity index is 517. The highest BCUT2D eigenvalue weighted by atomic mass is 32.2. The van der Waals surface area contributed by atoms with Crippen molar-refractivity contribution >= 4 is 10.0 Å². The number of hydrogen-bond acceptors (Lipinski definition) is 3. The lowest BCUT2D eigenvalue weighted by Crippen LogP contribution is -2.33. The molecule has 0 aliphatic heterocycles. The highest BCUT2D eigenvalue weighted by molar-refractivity contribution is 7.89. The average molecular weight is 288 g/mol. The quantitative estimate of drug-likeness (QED) is 0.807. The van der Waals surface area contributed by atoms with Gasteiger partial charge in [0.15, 0.2) is 0 Å². The molecule has 0 fully saturated rings. The van der Waals surface area contributed by atoms with Gasteiger partial charge in [-0.3, -0.25) is 0 Å². The number of benzene rings is 1. The SMILES string of the molecule is CCCC(C)NS(=O)(=O)c1cc(CNC)ccc1F. The first-order valence-electron chi connectivity index (χ1n) is 6.36. The maximum atomic E-state index is 13.7. The van der Waals surface area contributed by atoms with Crippen LogP contribution in [-0.4, -0.2) is 21.5 Å². The van der Waals surface area contributed by atoms with Crippen LogP contribution < -0.4 is 10.0 Å². The van der Waals surface area contributed by atoms with Crippen molar-refractivity contribution < 1.29 is 12.8 Å². The van der Waals surface area contributed by atoms with Gasteiger partial charge in [0.2, 0.25) is 10.0 Å². The fourth-order valence-electron chi connectivity index (χ4n) is 1.89. The Balaban J connectivity index is 3.02. The number of sulfonamides is 1. The minimum atomic E-state index is -3.81. The summed E-state index contributed by atoms with van der Waals surface area (Å²) in [5, 5.41) is 2.91. The second kappa shape index (κ2) is 6.98. The van der Waals surface area contributed by atoms with Gasteiger partial charge in [-0.25, -0.2) is 17.5 Å². The molecule has 0 amide bonds. The summed E-state index contributed by atoms with van der Waals surface area (Å²) in [7, 11) is -2.06. The lowest BCUT2D eigenvalue weighted by molar-refractivity contribution is 0.530. The predicted octanol–water partition coefficient (Wildman–Crippen LogP) is 2.01. The van der Waals surface area contributed by atoms with Crippen molar-refractivity contribution in [1.82, 2.24) is 10.0 Å². The molecule has 108 valence electrons. The van der Waals surface area contributed by atoms with Crippen molar-refractivity contribution in [3.8, 4) is 0 Å². The topological polar surface area (TPSA) is 58.2 Å². The Kier molecular flexibility index (Phi) is 5.90. The van der Waals surface area contributed by atoms with Crippen LogP contribution in [0.2, 0.25) is 0 Å². The van der Waals surface area contributed by atoms with E-state index in [2.05, 4.69) is 10.0 Å². The van der Waals surface area contributed by atoms with Crippen molar-refractivity contribution in [2.24, 2.45) is 0 Å². The van der Waals surface area contributed by atoms with Gasteiger partial charge in [0.25, 0.3) is 0 Å². The van der Waals surface area contributed by atoms with Gasteiger partial charge in [-0.05, 0) is 38.1 Å². The van der Waals surface area contributed by atoms with Gasteiger partial charge in [-0.15, -0.1) is 0 Å². The van der Waals surface area contributed by atoms with Crippen molar-refractivity contribution in [2.75, 3.05) is 7.05 Å². The molecule has 0 radical (unpaired) electrons. The summed E-state index contributed by atoms with van der Waals surface area (Å²) in [5.41, 5.74) is 0.729. The average Bonchev–Trinajstić information content (AvgIpc) is 2.31. The summed E-state index contributed by atoms with van der Waals surface area (Å²) in [5.74, 6) is -0.726. The molecule has 1 rings (SSSR count). The van der Waals surface area contributed by atoms with Crippen molar-refractivity contribution in [2.45, 2.75) is 44.2 Å². The highest BCUT2D eigenvalue weighted by Gasteiger charge is 2.21. The lowest BCUT2D eigenvalue weighted by Gasteiger charge is -2.14. The molecule has 0 spiro atoms.